The van der Waals surface area contributed by atoms with Crippen LogP contribution in [0.25, 0.3) is 21.5 Å². The molecule has 0 unspecified atom stereocenters. The second-order valence-electron chi connectivity index (χ2n) is 12.9. The van der Waals surface area contributed by atoms with Crippen LogP contribution in [-0.2, 0) is 4.74 Å². The predicted molar refractivity (Wildman–Crippen MR) is 208 cm³/mol. The van der Waals surface area contributed by atoms with E-state index in [1.54, 1.807) is 61.5 Å². The van der Waals surface area contributed by atoms with Crippen LogP contribution in [0.3, 0.4) is 0 Å². The summed E-state index contributed by atoms with van der Waals surface area (Å²) in [6.45, 7) is 4.71. The van der Waals surface area contributed by atoms with Gasteiger partial charge in [0.2, 0.25) is 0 Å². The van der Waals surface area contributed by atoms with Crippen LogP contribution in [-0.4, -0.2) is 36.0 Å². The molecule has 0 saturated heterocycles. The third-order valence-corrected chi connectivity index (χ3v) is 9.10. The molecule has 52 heavy (non-hydrogen) atoms. The van der Waals surface area contributed by atoms with E-state index in [-0.39, 0.29) is 40.8 Å². The van der Waals surface area contributed by atoms with Crippen LogP contribution < -0.4 is 10.6 Å². The fraction of sp³-hybridized carbons (Fsp3) is 0.326. The van der Waals surface area contributed by atoms with Gasteiger partial charge in [-0.2, -0.15) is 0 Å². The molecule has 5 rings (SSSR count). The highest BCUT2D eigenvalue weighted by Gasteiger charge is 2.21. The zero-order chi connectivity index (χ0) is 36.7. The number of ether oxygens (including phenoxy) is 1. The molecule has 9 heteroatoms. The third kappa shape index (κ3) is 9.81. The standard InChI is InChI=1S/C43H48N4O5/c1-3-5-6-7-8-9-10-11-12-17-27-44-41(49)31-25-26-34-32(28-31)29-36(42(50)45-37-24-18-20-30-19-13-14-21-33(30)37)40(48)39(34)47-46-38-23-16-15-22-35(38)43(51)52-4-2/h13-16,18-26,28-29,48H,3-12,17,27H2,1-2H3,(H,44,49)(H,45,50). The molecule has 0 fully saturated rings. The average Bonchev–Trinajstić information content (AvgIpc) is 3.16. The van der Waals surface area contributed by atoms with E-state index in [4.69, 9.17) is 4.74 Å². The molecule has 0 heterocycles. The molecular weight excluding hydrogens is 652 g/mol. The Morgan fingerprint density at radius 2 is 1.35 bits per heavy atom. The highest BCUT2D eigenvalue weighted by molar-refractivity contribution is 6.14. The molecule has 5 aromatic rings. The number of phenolic OH excluding ortho intramolecular Hbond substituents is 1. The minimum absolute atomic E-state index is 0.0246. The van der Waals surface area contributed by atoms with Gasteiger partial charge >= 0.3 is 5.97 Å². The van der Waals surface area contributed by atoms with Crippen LogP contribution in [0.5, 0.6) is 5.75 Å². The number of carbonyl (C=O) groups is 3. The Labute approximate surface area is 305 Å². The number of nitrogens with zero attached hydrogens (tertiary/aromatic N) is 2. The Morgan fingerprint density at radius 3 is 2.12 bits per heavy atom. The summed E-state index contributed by atoms with van der Waals surface area (Å²) in [4.78, 5) is 39.6. The molecule has 0 aliphatic carbocycles. The normalized spacial score (nSPS) is 11.3. The van der Waals surface area contributed by atoms with Crippen molar-refractivity contribution in [1.29, 1.82) is 0 Å². The van der Waals surface area contributed by atoms with Crippen molar-refractivity contribution in [2.24, 2.45) is 10.2 Å². The SMILES string of the molecule is CCCCCCCCCCCCNC(=O)c1ccc2c(N=Nc3ccccc3C(=O)OCC)c(O)c(C(=O)Nc3cccc4ccccc34)cc2c1. The highest BCUT2D eigenvalue weighted by Crippen LogP contribution is 2.40. The van der Waals surface area contributed by atoms with Gasteiger partial charge in [0.25, 0.3) is 11.8 Å². The van der Waals surface area contributed by atoms with Gasteiger partial charge in [-0.05, 0) is 60.5 Å². The van der Waals surface area contributed by atoms with E-state index in [0.29, 0.717) is 28.6 Å². The van der Waals surface area contributed by atoms with Crippen molar-refractivity contribution in [3.63, 3.8) is 0 Å². The fourth-order valence-electron chi connectivity index (χ4n) is 6.28. The lowest BCUT2D eigenvalue weighted by Crippen LogP contribution is -2.24. The lowest BCUT2D eigenvalue weighted by atomic mass is 10.00. The Kier molecular flexibility index (Phi) is 13.9. The number of carbonyl (C=O) groups excluding carboxylic acids is 3. The van der Waals surface area contributed by atoms with Crippen molar-refractivity contribution in [2.45, 2.75) is 78.1 Å². The van der Waals surface area contributed by atoms with Gasteiger partial charge in [0, 0.05) is 28.6 Å². The monoisotopic (exact) mass is 700 g/mol. The van der Waals surface area contributed by atoms with Gasteiger partial charge < -0.3 is 20.5 Å². The summed E-state index contributed by atoms with van der Waals surface area (Å²) in [6, 6.07) is 26.5. The summed E-state index contributed by atoms with van der Waals surface area (Å²) in [5.74, 6) is -1.72. The summed E-state index contributed by atoms with van der Waals surface area (Å²) >= 11 is 0. The zero-order valence-electron chi connectivity index (χ0n) is 30.1. The zero-order valence-corrected chi connectivity index (χ0v) is 30.1. The number of benzene rings is 5. The van der Waals surface area contributed by atoms with Gasteiger partial charge in [0.05, 0.1) is 17.7 Å². The first-order valence-electron chi connectivity index (χ1n) is 18.5. The maximum atomic E-state index is 13.8. The van der Waals surface area contributed by atoms with Crippen molar-refractivity contribution < 1.29 is 24.2 Å². The number of azo groups is 1. The molecule has 0 atom stereocenters. The summed E-state index contributed by atoms with van der Waals surface area (Å²) < 4.78 is 5.18. The van der Waals surface area contributed by atoms with Gasteiger partial charge in [0.1, 0.15) is 11.4 Å². The van der Waals surface area contributed by atoms with Crippen molar-refractivity contribution in [3.8, 4) is 5.75 Å². The van der Waals surface area contributed by atoms with Crippen molar-refractivity contribution in [1.82, 2.24) is 5.32 Å². The van der Waals surface area contributed by atoms with Crippen LogP contribution in [0.2, 0.25) is 0 Å². The van der Waals surface area contributed by atoms with Crippen LogP contribution in [0.4, 0.5) is 17.1 Å². The first kappa shape index (κ1) is 37.7. The van der Waals surface area contributed by atoms with Crippen LogP contribution in [0, 0.1) is 0 Å². The van der Waals surface area contributed by atoms with E-state index in [1.165, 1.54) is 44.9 Å². The maximum Gasteiger partial charge on any atom is 0.340 e. The van der Waals surface area contributed by atoms with Gasteiger partial charge in [-0.25, -0.2) is 4.79 Å². The number of aromatic hydroxyl groups is 1. The average molecular weight is 701 g/mol. The summed E-state index contributed by atoms with van der Waals surface area (Å²) in [5, 5.41) is 29.0. The Morgan fingerprint density at radius 1 is 0.654 bits per heavy atom. The van der Waals surface area contributed by atoms with E-state index < -0.39 is 11.9 Å². The lowest BCUT2D eigenvalue weighted by molar-refractivity contribution is 0.0527. The lowest BCUT2D eigenvalue weighted by Gasteiger charge is -2.13. The first-order valence-corrected chi connectivity index (χ1v) is 18.5. The van der Waals surface area contributed by atoms with Crippen molar-refractivity contribution >= 4 is 56.4 Å². The Hall–Kier alpha value is -5.57. The predicted octanol–water partition coefficient (Wildman–Crippen LogP) is 11.2. The molecule has 0 saturated carbocycles. The molecule has 0 bridgehead atoms. The molecule has 0 aliphatic heterocycles. The van der Waals surface area contributed by atoms with E-state index >= 15 is 0 Å². The van der Waals surface area contributed by atoms with E-state index in [1.807, 2.05) is 36.4 Å². The number of hydrogen-bond donors (Lipinski definition) is 3. The van der Waals surface area contributed by atoms with Gasteiger partial charge in [-0.3, -0.25) is 9.59 Å². The third-order valence-electron chi connectivity index (χ3n) is 9.10. The number of unbranched alkanes of at least 4 members (excludes halogenated alkanes) is 9. The van der Waals surface area contributed by atoms with E-state index in [0.717, 1.165) is 30.0 Å². The van der Waals surface area contributed by atoms with Crippen molar-refractivity contribution in [2.75, 3.05) is 18.5 Å². The number of amides is 2. The molecule has 9 nitrogen and oxygen atoms in total. The second-order valence-corrected chi connectivity index (χ2v) is 12.9. The molecule has 2 amide bonds. The molecule has 3 N–H and O–H groups in total. The smallest absolute Gasteiger partial charge is 0.340 e. The number of anilines is 1. The molecule has 5 aromatic carbocycles. The second kappa shape index (κ2) is 19.2. The largest absolute Gasteiger partial charge is 0.505 e. The number of fused-ring (bicyclic) bond motifs is 2. The number of nitrogens with one attached hydrogen (secondary N) is 2. The molecular formula is C43H48N4O5. The summed E-state index contributed by atoms with van der Waals surface area (Å²) in [7, 11) is 0. The fourth-order valence-corrected chi connectivity index (χ4v) is 6.28. The Balaban J connectivity index is 1.38. The highest BCUT2D eigenvalue weighted by atomic mass is 16.5. The number of esters is 1. The van der Waals surface area contributed by atoms with E-state index in [9.17, 15) is 19.5 Å². The molecule has 0 aromatic heterocycles. The minimum atomic E-state index is -0.560. The number of hydrogen-bond acceptors (Lipinski definition) is 7. The minimum Gasteiger partial charge on any atom is -0.505 e. The number of phenols is 1. The van der Waals surface area contributed by atoms with Gasteiger partial charge in [-0.1, -0.05) is 119 Å². The maximum absolute atomic E-state index is 13.8. The molecule has 270 valence electrons. The molecule has 0 spiro atoms. The molecule has 0 aliphatic rings. The topological polar surface area (TPSA) is 129 Å². The quantitative estimate of drug-likeness (QED) is 0.0476. The summed E-state index contributed by atoms with van der Waals surface area (Å²) in [5.41, 5.74) is 1.42. The van der Waals surface area contributed by atoms with E-state index in [2.05, 4.69) is 27.8 Å². The van der Waals surface area contributed by atoms with Crippen LogP contribution >= 0.6 is 0 Å². The van der Waals surface area contributed by atoms with Crippen molar-refractivity contribution in [3.05, 3.63) is 108 Å². The van der Waals surface area contributed by atoms with Crippen LogP contribution in [0.1, 0.15) is 109 Å². The van der Waals surface area contributed by atoms with Gasteiger partial charge in [-0.15, -0.1) is 10.2 Å². The van der Waals surface area contributed by atoms with Crippen LogP contribution in [0.15, 0.2) is 101 Å². The number of rotatable bonds is 18. The van der Waals surface area contributed by atoms with Gasteiger partial charge in [0.15, 0.2) is 5.75 Å². The Bertz CT molecular complexity index is 2030. The summed E-state index contributed by atoms with van der Waals surface area (Å²) in [6.07, 6.45) is 12.2. The first-order chi connectivity index (χ1) is 25.4. The molecule has 0 radical (unpaired) electrons.